The number of nitrogens with one attached hydrogen (secondary N) is 1. The van der Waals surface area contributed by atoms with E-state index in [1.54, 1.807) is 0 Å². The van der Waals surface area contributed by atoms with E-state index in [1.807, 2.05) is 45.9 Å². The van der Waals surface area contributed by atoms with Gasteiger partial charge in [-0.15, -0.1) is 0 Å². The van der Waals surface area contributed by atoms with E-state index in [-0.39, 0.29) is 5.54 Å². The monoisotopic (exact) mass is 239 g/mol. The minimum Gasteiger partial charge on any atom is -0.308 e. The zero-order chi connectivity index (χ0) is 12.3. The van der Waals surface area contributed by atoms with E-state index in [4.69, 9.17) is 17.4 Å². The first kappa shape index (κ1) is 13.0. The van der Waals surface area contributed by atoms with Crippen molar-refractivity contribution in [3.8, 4) is 0 Å². The van der Waals surface area contributed by atoms with Gasteiger partial charge in [-0.2, -0.15) is 0 Å². The molecular formula is C12H18ClN3. The van der Waals surface area contributed by atoms with Crippen LogP contribution in [-0.2, 0) is 0 Å². The molecule has 88 valence electrons. The number of hydrazine groups is 1. The minimum atomic E-state index is -0.181. The molecule has 0 fully saturated rings. The zero-order valence-corrected chi connectivity index (χ0v) is 10.9. The average molecular weight is 240 g/mol. The van der Waals surface area contributed by atoms with Crippen LogP contribution in [0.25, 0.3) is 0 Å². The van der Waals surface area contributed by atoms with Crippen LogP contribution in [0.2, 0.25) is 5.02 Å². The largest absolute Gasteiger partial charge is 0.308 e. The molecule has 16 heavy (non-hydrogen) atoms. The highest BCUT2D eigenvalue weighted by atomic mass is 35.5. The summed E-state index contributed by atoms with van der Waals surface area (Å²) >= 11 is 6.06. The normalized spacial score (nSPS) is 12.8. The van der Waals surface area contributed by atoms with Crippen LogP contribution in [0.5, 0.6) is 0 Å². The predicted octanol–water partition coefficient (Wildman–Crippen LogP) is 2.66. The fourth-order valence-corrected chi connectivity index (χ4v) is 1.44. The van der Waals surface area contributed by atoms with Gasteiger partial charge < -0.3 is 5.43 Å². The molecule has 0 saturated heterocycles. The van der Waals surface area contributed by atoms with Gasteiger partial charge in [0.05, 0.1) is 5.54 Å². The summed E-state index contributed by atoms with van der Waals surface area (Å²) in [6.07, 6.45) is 0. The first-order valence-electron chi connectivity index (χ1n) is 5.16. The topological polar surface area (TPSA) is 50.4 Å². The highest BCUT2D eigenvalue weighted by molar-refractivity contribution is 6.31. The summed E-state index contributed by atoms with van der Waals surface area (Å²) < 4.78 is 0. The lowest BCUT2D eigenvalue weighted by molar-refractivity contribution is 0.580. The summed E-state index contributed by atoms with van der Waals surface area (Å²) in [4.78, 5) is 4.49. The lowest BCUT2D eigenvalue weighted by atomic mass is 10.1. The van der Waals surface area contributed by atoms with Crippen LogP contribution < -0.4 is 11.3 Å². The molecule has 1 rings (SSSR count). The van der Waals surface area contributed by atoms with Crippen LogP contribution in [0.4, 0.5) is 0 Å². The molecule has 0 amide bonds. The third-order valence-electron chi connectivity index (χ3n) is 2.03. The standard InChI is InChI=1S/C12H18ClN3/c1-8-5-6-9(7-10(8)13)11(16-14)15-12(2,3)4/h5-7H,14H2,1-4H3,(H,15,16). The third-order valence-corrected chi connectivity index (χ3v) is 2.44. The van der Waals surface area contributed by atoms with Gasteiger partial charge in [-0.3, -0.25) is 4.99 Å². The lowest BCUT2D eigenvalue weighted by Crippen LogP contribution is -2.33. The minimum absolute atomic E-state index is 0.181. The van der Waals surface area contributed by atoms with Crippen molar-refractivity contribution in [3.63, 3.8) is 0 Å². The molecule has 0 saturated carbocycles. The molecule has 1 aromatic rings. The number of hydrogen-bond acceptors (Lipinski definition) is 2. The van der Waals surface area contributed by atoms with Crippen molar-refractivity contribution in [2.24, 2.45) is 10.8 Å². The van der Waals surface area contributed by atoms with Crippen molar-refractivity contribution in [2.75, 3.05) is 0 Å². The lowest BCUT2D eigenvalue weighted by Gasteiger charge is -2.16. The number of aryl methyl sites for hydroxylation is 1. The van der Waals surface area contributed by atoms with Gasteiger partial charge in [0, 0.05) is 10.6 Å². The Morgan fingerprint density at radius 3 is 2.44 bits per heavy atom. The van der Waals surface area contributed by atoms with Crippen molar-refractivity contribution >= 4 is 17.4 Å². The zero-order valence-electron chi connectivity index (χ0n) is 10.1. The molecule has 1 aromatic carbocycles. The van der Waals surface area contributed by atoms with Gasteiger partial charge in [0.1, 0.15) is 5.84 Å². The van der Waals surface area contributed by atoms with Crippen LogP contribution in [0.15, 0.2) is 23.2 Å². The Kier molecular flexibility index (Phi) is 3.94. The number of rotatable bonds is 1. The van der Waals surface area contributed by atoms with Crippen molar-refractivity contribution in [1.82, 2.24) is 5.43 Å². The van der Waals surface area contributed by atoms with Gasteiger partial charge in [0.2, 0.25) is 0 Å². The fourth-order valence-electron chi connectivity index (χ4n) is 1.26. The van der Waals surface area contributed by atoms with Crippen molar-refractivity contribution in [2.45, 2.75) is 33.2 Å². The molecule has 0 radical (unpaired) electrons. The number of aliphatic imine (C=N–C) groups is 1. The van der Waals surface area contributed by atoms with Crippen LogP contribution in [0, 0.1) is 6.92 Å². The second-order valence-electron chi connectivity index (χ2n) is 4.74. The molecule has 3 nitrogen and oxygen atoms in total. The molecule has 3 N–H and O–H groups in total. The summed E-state index contributed by atoms with van der Waals surface area (Å²) in [5.41, 5.74) is 4.37. The van der Waals surface area contributed by atoms with Crippen LogP contribution in [0.3, 0.4) is 0 Å². The molecule has 0 bridgehead atoms. The van der Waals surface area contributed by atoms with Crippen LogP contribution in [0.1, 0.15) is 31.9 Å². The van der Waals surface area contributed by atoms with Gasteiger partial charge in [-0.05, 0) is 39.3 Å². The van der Waals surface area contributed by atoms with E-state index in [1.165, 1.54) is 0 Å². The molecule has 0 unspecified atom stereocenters. The second kappa shape index (κ2) is 4.85. The molecule has 0 heterocycles. The van der Waals surface area contributed by atoms with E-state index >= 15 is 0 Å². The quantitative estimate of drug-likeness (QED) is 0.343. The molecule has 0 spiro atoms. The summed E-state index contributed by atoms with van der Waals surface area (Å²) in [6.45, 7) is 8.00. The fraction of sp³-hybridized carbons (Fsp3) is 0.417. The van der Waals surface area contributed by atoms with Gasteiger partial charge in [-0.25, -0.2) is 5.84 Å². The summed E-state index contributed by atoms with van der Waals surface area (Å²) in [5, 5.41) is 0.717. The predicted molar refractivity (Wildman–Crippen MR) is 69.8 cm³/mol. The highest BCUT2D eigenvalue weighted by Gasteiger charge is 2.11. The van der Waals surface area contributed by atoms with Gasteiger partial charge in [-0.1, -0.05) is 23.7 Å². The van der Waals surface area contributed by atoms with E-state index in [9.17, 15) is 0 Å². The molecule has 0 aliphatic heterocycles. The number of nitrogens with zero attached hydrogens (tertiary/aromatic N) is 1. The number of halogens is 1. The van der Waals surface area contributed by atoms with E-state index in [2.05, 4.69) is 10.4 Å². The molecule has 4 heteroatoms. The maximum absolute atomic E-state index is 6.06. The molecule has 0 aliphatic rings. The Hall–Kier alpha value is -1.06. The Balaban J connectivity index is 3.15. The van der Waals surface area contributed by atoms with E-state index in [0.29, 0.717) is 10.9 Å². The highest BCUT2D eigenvalue weighted by Crippen LogP contribution is 2.18. The number of nitrogens with two attached hydrogens (primary N) is 1. The third kappa shape index (κ3) is 3.51. The number of hydrogen-bond donors (Lipinski definition) is 2. The number of benzene rings is 1. The Morgan fingerprint density at radius 2 is 2.00 bits per heavy atom. The number of amidine groups is 1. The molecule has 0 atom stereocenters. The van der Waals surface area contributed by atoms with Gasteiger partial charge >= 0.3 is 0 Å². The maximum atomic E-state index is 6.06. The van der Waals surface area contributed by atoms with Gasteiger partial charge in [0.15, 0.2) is 0 Å². The smallest absolute Gasteiger partial charge is 0.143 e. The van der Waals surface area contributed by atoms with Crippen molar-refractivity contribution < 1.29 is 0 Å². The average Bonchev–Trinajstić information content (AvgIpc) is 2.17. The van der Waals surface area contributed by atoms with Crippen molar-refractivity contribution in [1.29, 1.82) is 0 Å². The van der Waals surface area contributed by atoms with Crippen molar-refractivity contribution in [3.05, 3.63) is 34.3 Å². The first-order valence-corrected chi connectivity index (χ1v) is 5.54. The molecule has 0 aliphatic carbocycles. The van der Waals surface area contributed by atoms with E-state index in [0.717, 1.165) is 11.1 Å². The second-order valence-corrected chi connectivity index (χ2v) is 5.15. The Labute approximate surface area is 102 Å². The van der Waals surface area contributed by atoms with Crippen LogP contribution in [-0.4, -0.2) is 11.4 Å². The Bertz CT molecular complexity index is 405. The van der Waals surface area contributed by atoms with E-state index < -0.39 is 0 Å². The summed E-state index contributed by atoms with van der Waals surface area (Å²) in [6, 6.07) is 5.76. The summed E-state index contributed by atoms with van der Waals surface area (Å²) in [5.74, 6) is 6.12. The SMILES string of the molecule is Cc1ccc(C(=NC(C)(C)C)NN)cc1Cl. The molecule has 0 aromatic heterocycles. The van der Waals surface area contributed by atoms with Gasteiger partial charge in [0.25, 0.3) is 0 Å². The molecular weight excluding hydrogens is 222 g/mol. The Morgan fingerprint density at radius 1 is 1.38 bits per heavy atom. The maximum Gasteiger partial charge on any atom is 0.143 e. The van der Waals surface area contributed by atoms with Crippen LogP contribution >= 0.6 is 11.6 Å². The first-order chi connectivity index (χ1) is 7.33. The summed E-state index contributed by atoms with van der Waals surface area (Å²) in [7, 11) is 0.